The third-order valence-electron chi connectivity index (χ3n) is 5.75. The molecule has 0 aliphatic heterocycles. The van der Waals surface area contributed by atoms with Gasteiger partial charge < -0.3 is 14.7 Å². The van der Waals surface area contributed by atoms with Gasteiger partial charge in [-0.15, -0.1) is 11.3 Å². The van der Waals surface area contributed by atoms with E-state index in [9.17, 15) is 10.0 Å². The molecule has 0 spiro atoms. The SMILES string of the molecule is CCOC(=O)Oc1cc(-c2ccc(C(C/C(=N\O)c3ccnc(C)c3)c3ccc(Cl)cc3F)cc2)cs1. The lowest BCUT2D eigenvalue weighted by atomic mass is 9.84. The Hall–Kier alpha value is -3.75. The Bertz CT molecular complexity index is 1420. The monoisotopic (exact) mass is 538 g/mol. The summed E-state index contributed by atoms with van der Waals surface area (Å²) >= 11 is 7.29. The molecular weight excluding hydrogens is 515 g/mol. The average molecular weight is 539 g/mol. The Morgan fingerprint density at radius 3 is 2.59 bits per heavy atom. The van der Waals surface area contributed by atoms with Gasteiger partial charge in [0.2, 0.25) is 0 Å². The summed E-state index contributed by atoms with van der Waals surface area (Å²) in [6.07, 6.45) is 1.14. The summed E-state index contributed by atoms with van der Waals surface area (Å²) in [5.74, 6) is -0.890. The van der Waals surface area contributed by atoms with Gasteiger partial charge in [0.15, 0.2) is 5.06 Å². The van der Waals surface area contributed by atoms with Gasteiger partial charge in [-0.25, -0.2) is 9.18 Å². The molecule has 1 N–H and O–H groups in total. The molecule has 0 aliphatic carbocycles. The van der Waals surface area contributed by atoms with E-state index in [0.717, 1.165) is 22.4 Å². The zero-order chi connectivity index (χ0) is 26.4. The molecular formula is C28H24ClFN2O4S. The minimum Gasteiger partial charge on any atom is -0.434 e. The number of pyridine rings is 1. The van der Waals surface area contributed by atoms with Crippen molar-refractivity contribution in [1.82, 2.24) is 4.98 Å². The molecule has 0 saturated carbocycles. The summed E-state index contributed by atoms with van der Waals surface area (Å²) in [6.45, 7) is 3.79. The molecule has 6 nitrogen and oxygen atoms in total. The van der Waals surface area contributed by atoms with E-state index in [1.165, 1.54) is 17.4 Å². The van der Waals surface area contributed by atoms with E-state index in [4.69, 9.17) is 21.1 Å². The van der Waals surface area contributed by atoms with E-state index < -0.39 is 17.9 Å². The topological polar surface area (TPSA) is 81.0 Å². The first-order valence-electron chi connectivity index (χ1n) is 11.5. The van der Waals surface area contributed by atoms with Gasteiger partial charge in [0.05, 0.1) is 12.3 Å². The van der Waals surface area contributed by atoms with Crippen molar-refractivity contribution in [3.8, 4) is 16.2 Å². The van der Waals surface area contributed by atoms with Gasteiger partial charge in [-0.1, -0.05) is 47.1 Å². The van der Waals surface area contributed by atoms with Gasteiger partial charge in [-0.05, 0) is 60.4 Å². The minimum absolute atomic E-state index is 0.234. The van der Waals surface area contributed by atoms with Gasteiger partial charge in [-0.2, -0.15) is 0 Å². The first-order chi connectivity index (χ1) is 17.9. The van der Waals surface area contributed by atoms with Gasteiger partial charge in [0.25, 0.3) is 0 Å². The van der Waals surface area contributed by atoms with Crippen LogP contribution < -0.4 is 4.74 Å². The Kier molecular flexibility index (Phi) is 8.53. The van der Waals surface area contributed by atoms with Crippen molar-refractivity contribution < 1.29 is 23.9 Å². The van der Waals surface area contributed by atoms with E-state index in [-0.39, 0.29) is 13.0 Å². The number of aromatic nitrogens is 1. The van der Waals surface area contributed by atoms with Crippen LogP contribution in [0.5, 0.6) is 5.06 Å². The lowest BCUT2D eigenvalue weighted by Gasteiger charge is -2.20. The molecule has 2 aromatic carbocycles. The molecule has 1 atom stereocenters. The molecule has 0 bridgehead atoms. The van der Waals surface area contributed by atoms with E-state index in [0.29, 0.717) is 26.9 Å². The summed E-state index contributed by atoms with van der Waals surface area (Å²) in [4.78, 5) is 15.8. The summed E-state index contributed by atoms with van der Waals surface area (Å²) in [5, 5.41) is 16.0. The Balaban J connectivity index is 1.65. The zero-order valence-electron chi connectivity index (χ0n) is 20.2. The quantitative estimate of drug-likeness (QED) is 0.107. The molecule has 0 radical (unpaired) electrons. The molecule has 2 heterocycles. The zero-order valence-corrected chi connectivity index (χ0v) is 21.7. The van der Waals surface area contributed by atoms with Gasteiger partial charge in [0.1, 0.15) is 5.82 Å². The first kappa shape index (κ1) is 26.3. The lowest BCUT2D eigenvalue weighted by Crippen LogP contribution is -2.12. The number of halogens is 2. The molecule has 0 saturated heterocycles. The number of benzene rings is 2. The largest absolute Gasteiger partial charge is 0.514 e. The molecule has 37 heavy (non-hydrogen) atoms. The molecule has 0 fully saturated rings. The van der Waals surface area contributed by atoms with Crippen molar-refractivity contribution in [2.75, 3.05) is 6.61 Å². The molecule has 0 amide bonds. The van der Waals surface area contributed by atoms with Crippen molar-refractivity contribution in [2.45, 2.75) is 26.2 Å². The number of carbonyl (C=O) groups excluding carboxylic acids is 1. The minimum atomic E-state index is -0.746. The van der Waals surface area contributed by atoms with Crippen LogP contribution in [-0.4, -0.2) is 28.7 Å². The highest BCUT2D eigenvalue weighted by molar-refractivity contribution is 7.12. The summed E-state index contributed by atoms with van der Waals surface area (Å²) in [5.41, 5.74) is 4.93. The summed E-state index contributed by atoms with van der Waals surface area (Å²) < 4.78 is 25.1. The summed E-state index contributed by atoms with van der Waals surface area (Å²) in [7, 11) is 0. The number of oxime groups is 1. The van der Waals surface area contributed by atoms with Crippen LogP contribution in [0.3, 0.4) is 0 Å². The maximum atomic E-state index is 15.1. The van der Waals surface area contributed by atoms with E-state index in [1.54, 1.807) is 37.4 Å². The van der Waals surface area contributed by atoms with Crippen molar-refractivity contribution in [3.63, 3.8) is 0 Å². The normalized spacial score (nSPS) is 12.3. The predicted octanol–water partition coefficient (Wildman–Crippen LogP) is 7.85. The highest BCUT2D eigenvalue weighted by atomic mass is 35.5. The van der Waals surface area contributed by atoms with Crippen molar-refractivity contribution in [1.29, 1.82) is 0 Å². The maximum absolute atomic E-state index is 15.1. The molecule has 1 unspecified atom stereocenters. The van der Waals surface area contributed by atoms with Crippen molar-refractivity contribution >= 4 is 34.8 Å². The Labute approximate surface area is 223 Å². The van der Waals surface area contributed by atoms with Crippen LogP contribution in [0.4, 0.5) is 9.18 Å². The van der Waals surface area contributed by atoms with Crippen molar-refractivity contribution in [3.05, 3.63) is 105 Å². The number of aryl methyl sites for hydroxylation is 1. The van der Waals surface area contributed by atoms with Crippen LogP contribution in [0, 0.1) is 12.7 Å². The van der Waals surface area contributed by atoms with Crippen molar-refractivity contribution in [2.24, 2.45) is 5.16 Å². The third kappa shape index (κ3) is 6.53. The number of hydrogen-bond acceptors (Lipinski definition) is 7. The molecule has 4 aromatic rings. The van der Waals surface area contributed by atoms with Crippen LogP contribution >= 0.6 is 22.9 Å². The number of hydrogen-bond donors (Lipinski definition) is 1. The van der Waals surface area contributed by atoms with Gasteiger partial charge in [0, 0.05) is 46.3 Å². The highest BCUT2D eigenvalue weighted by Crippen LogP contribution is 2.36. The second-order valence-corrected chi connectivity index (χ2v) is 9.53. The fourth-order valence-corrected chi connectivity index (χ4v) is 4.90. The standard InChI is InChI=1S/C28H24ClFN2O4S/c1-3-35-28(33)36-27-13-21(16-37-27)18-4-6-19(7-5-18)24(23-9-8-22(29)14-25(23)30)15-26(32-34)20-10-11-31-17(2)12-20/h4-14,16,24,34H,3,15H2,1-2H3/b32-26+. The van der Waals surface area contributed by atoms with Crippen LogP contribution in [0.25, 0.3) is 11.1 Å². The average Bonchev–Trinajstić information content (AvgIpc) is 3.34. The van der Waals surface area contributed by atoms with Crippen LogP contribution in [0.15, 0.2) is 77.4 Å². The Morgan fingerprint density at radius 1 is 1.14 bits per heavy atom. The first-order valence-corrected chi connectivity index (χ1v) is 12.8. The fraction of sp³-hybridized carbons (Fsp3) is 0.179. The second kappa shape index (κ2) is 12.0. The third-order valence-corrected chi connectivity index (χ3v) is 6.79. The number of rotatable bonds is 8. The lowest BCUT2D eigenvalue weighted by molar-refractivity contribution is 0.105. The molecule has 190 valence electrons. The number of thiophene rings is 1. The van der Waals surface area contributed by atoms with Gasteiger partial charge in [-0.3, -0.25) is 4.98 Å². The smallest absolute Gasteiger partial charge is 0.434 e. The van der Waals surface area contributed by atoms with E-state index >= 15 is 4.39 Å². The van der Waals surface area contributed by atoms with Gasteiger partial charge >= 0.3 is 6.16 Å². The van der Waals surface area contributed by atoms with E-state index in [1.807, 2.05) is 42.6 Å². The van der Waals surface area contributed by atoms with Crippen LogP contribution in [-0.2, 0) is 4.74 Å². The molecule has 0 aliphatic rings. The number of ether oxygens (including phenoxy) is 2. The Morgan fingerprint density at radius 2 is 1.92 bits per heavy atom. The van der Waals surface area contributed by atoms with Crippen LogP contribution in [0.2, 0.25) is 5.02 Å². The molecule has 4 rings (SSSR count). The molecule has 9 heteroatoms. The van der Waals surface area contributed by atoms with E-state index in [2.05, 4.69) is 10.1 Å². The number of carbonyl (C=O) groups is 1. The maximum Gasteiger partial charge on any atom is 0.514 e. The fourth-order valence-electron chi connectivity index (χ4n) is 3.99. The van der Waals surface area contributed by atoms with Crippen LogP contribution in [0.1, 0.15) is 41.6 Å². The highest BCUT2D eigenvalue weighted by Gasteiger charge is 2.22. The molecule has 2 aromatic heterocycles. The number of nitrogens with zero attached hydrogens (tertiary/aromatic N) is 2. The summed E-state index contributed by atoms with van der Waals surface area (Å²) in [6, 6.07) is 17.6. The predicted molar refractivity (Wildman–Crippen MR) is 143 cm³/mol. The second-order valence-electron chi connectivity index (χ2n) is 8.22.